The molecule has 0 radical (unpaired) electrons. The predicted molar refractivity (Wildman–Crippen MR) is 45.0 cm³/mol. The number of allylic oxidation sites excluding steroid dienone is 4. The minimum atomic E-state index is -1.44. The molecule has 1 atom stereocenters. The smallest absolute Gasteiger partial charge is 0.178 e. The van der Waals surface area contributed by atoms with Crippen LogP contribution in [0.5, 0.6) is 0 Å². The fraction of sp³-hybridized carbons (Fsp3) is 0.222. The topological polar surface area (TPSA) is 94.5 Å². The molecular weight excluding hydrogens is 188 g/mol. The molecule has 0 spiro atoms. The lowest BCUT2D eigenvalue weighted by atomic mass is 10.2. The van der Waals surface area contributed by atoms with E-state index in [0.717, 1.165) is 6.92 Å². The molecule has 1 rings (SSSR count). The van der Waals surface area contributed by atoms with E-state index in [-0.39, 0.29) is 11.6 Å². The number of carboxylic acids is 1. The first-order chi connectivity index (χ1) is 6.43. The zero-order chi connectivity index (χ0) is 11.1. The van der Waals surface area contributed by atoms with Crippen LogP contribution >= 0.6 is 0 Å². The van der Waals surface area contributed by atoms with Crippen molar-refractivity contribution in [3.8, 4) is 0 Å². The van der Waals surface area contributed by atoms with Crippen LogP contribution in [0, 0.1) is 0 Å². The van der Waals surface area contributed by atoms with Crippen molar-refractivity contribution in [1.29, 1.82) is 0 Å². The summed E-state index contributed by atoms with van der Waals surface area (Å²) < 4.78 is 0. The Morgan fingerprint density at radius 3 is 1.57 bits per heavy atom. The second-order valence-corrected chi connectivity index (χ2v) is 2.47. The van der Waals surface area contributed by atoms with Gasteiger partial charge in [0.15, 0.2) is 11.6 Å². The fourth-order valence-corrected chi connectivity index (χ4v) is 0.440. The summed E-state index contributed by atoms with van der Waals surface area (Å²) in [6.45, 7) is 1.13. The number of aliphatic carboxylic acids is 1. The molecule has 1 N–H and O–H groups in total. The van der Waals surface area contributed by atoms with Gasteiger partial charge in [-0.15, -0.1) is 0 Å². The molecule has 1 unspecified atom stereocenters. The van der Waals surface area contributed by atoms with Gasteiger partial charge in [0.1, 0.15) is 0 Å². The van der Waals surface area contributed by atoms with E-state index in [1.54, 1.807) is 0 Å². The lowest BCUT2D eigenvalue weighted by Gasteiger charge is -2.00. The van der Waals surface area contributed by atoms with Gasteiger partial charge < -0.3 is 15.0 Å². The summed E-state index contributed by atoms with van der Waals surface area (Å²) in [5.74, 6) is -1.68. The molecule has 0 saturated heterocycles. The van der Waals surface area contributed by atoms with E-state index in [1.807, 2.05) is 0 Å². The summed E-state index contributed by atoms with van der Waals surface area (Å²) in [5, 5.41) is 17.3. The van der Waals surface area contributed by atoms with Crippen LogP contribution in [0.4, 0.5) is 0 Å². The van der Waals surface area contributed by atoms with E-state index < -0.39 is 12.1 Å². The quantitative estimate of drug-likeness (QED) is 0.509. The Hall–Kier alpha value is -1.75. The van der Waals surface area contributed by atoms with Crippen molar-refractivity contribution in [2.75, 3.05) is 0 Å². The molecule has 0 amide bonds. The maximum Gasteiger partial charge on any atom is 0.178 e. The first-order valence-corrected chi connectivity index (χ1v) is 3.76. The van der Waals surface area contributed by atoms with Crippen molar-refractivity contribution in [3.05, 3.63) is 24.3 Å². The summed E-state index contributed by atoms with van der Waals surface area (Å²) in [7, 11) is 0. The normalized spacial score (nSPS) is 15.9. The Bertz CT molecular complexity index is 260. The highest BCUT2D eigenvalue weighted by Gasteiger charge is 1.97. The van der Waals surface area contributed by atoms with E-state index >= 15 is 0 Å². The van der Waals surface area contributed by atoms with Gasteiger partial charge in [-0.2, -0.15) is 0 Å². The Balaban J connectivity index is 0.000000255. The van der Waals surface area contributed by atoms with E-state index in [0.29, 0.717) is 0 Å². The van der Waals surface area contributed by atoms with Gasteiger partial charge in [0, 0.05) is 0 Å². The summed E-state index contributed by atoms with van der Waals surface area (Å²) in [6, 6.07) is 0. The fourth-order valence-electron chi connectivity index (χ4n) is 0.440. The Kier molecular flexibility index (Phi) is 5.09. The zero-order valence-corrected chi connectivity index (χ0v) is 7.47. The SMILES string of the molecule is CC(O)C(=O)[O-].O=C1C=CC(=O)C=C1. The summed E-state index contributed by atoms with van der Waals surface area (Å²) in [5.41, 5.74) is 0. The van der Waals surface area contributed by atoms with Crippen molar-refractivity contribution in [2.24, 2.45) is 0 Å². The molecule has 1 aliphatic carbocycles. The third-order valence-electron chi connectivity index (χ3n) is 1.16. The van der Waals surface area contributed by atoms with E-state index in [4.69, 9.17) is 5.11 Å². The molecule has 5 heteroatoms. The number of aliphatic hydroxyl groups is 1. The Morgan fingerprint density at radius 1 is 1.21 bits per heavy atom. The van der Waals surface area contributed by atoms with Crippen LogP contribution in [0.1, 0.15) is 6.92 Å². The second-order valence-electron chi connectivity index (χ2n) is 2.47. The number of carbonyl (C=O) groups excluding carboxylic acids is 3. The van der Waals surface area contributed by atoms with Gasteiger partial charge in [-0.25, -0.2) is 0 Å². The Morgan fingerprint density at radius 2 is 1.43 bits per heavy atom. The van der Waals surface area contributed by atoms with Crippen molar-refractivity contribution < 1.29 is 24.6 Å². The molecule has 0 aromatic carbocycles. The largest absolute Gasteiger partial charge is 0.547 e. The molecule has 0 fully saturated rings. The van der Waals surface area contributed by atoms with Crippen molar-refractivity contribution in [3.63, 3.8) is 0 Å². The van der Waals surface area contributed by atoms with Gasteiger partial charge in [-0.05, 0) is 31.2 Å². The molecule has 0 aliphatic heterocycles. The molecule has 0 aromatic rings. The predicted octanol–water partition coefficient (Wildman–Crippen LogP) is -1.63. The average Bonchev–Trinajstić information content (AvgIpc) is 2.11. The maximum absolute atomic E-state index is 10.3. The van der Waals surface area contributed by atoms with E-state index in [2.05, 4.69) is 0 Å². The van der Waals surface area contributed by atoms with Gasteiger partial charge in [-0.3, -0.25) is 9.59 Å². The summed E-state index contributed by atoms with van der Waals surface area (Å²) in [6.07, 6.45) is 3.67. The van der Waals surface area contributed by atoms with E-state index in [9.17, 15) is 19.5 Å². The van der Waals surface area contributed by atoms with Crippen LogP contribution in [-0.2, 0) is 14.4 Å². The van der Waals surface area contributed by atoms with Crippen LogP contribution in [0.2, 0.25) is 0 Å². The average molecular weight is 197 g/mol. The number of ketones is 2. The molecule has 0 heterocycles. The van der Waals surface area contributed by atoms with Crippen LogP contribution in [0.25, 0.3) is 0 Å². The molecule has 14 heavy (non-hydrogen) atoms. The molecule has 0 saturated carbocycles. The summed E-state index contributed by atoms with van der Waals surface area (Å²) in [4.78, 5) is 29.9. The first-order valence-electron chi connectivity index (χ1n) is 3.76. The monoisotopic (exact) mass is 197 g/mol. The molecule has 0 bridgehead atoms. The van der Waals surface area contributed by atoms with Crippen LogP contribution in [0.15, 0.2) is 24.3 Å². The number of carbonyl (C=O) groups is 3. The number of hydrogen-bond acceptors (Lipinski definition) is 5. The van der Waals surface area contributed by atoms with Gasteiger partial charge >= 0.3 is 0 Å². The van der Waals surface area contributed by atoms with Crippen LogP contribution < -0.4 is 5.11 Å². The van der Waals surface area contributed by atoms with Crippen LogP contribution in [0.3, 0.4) is 0 Å². The highest BCUT2D eigenvalue weighted by atomic mass is 16.4. The number of carboxylic acid groups (broad SMARTS) is 1. The van der Waals surface area contributed by atoms with Crippen molar-refractivity contribution in [2.45, 2.75) is 13.0 Å². The number of aliphatic hydroxyl groups excluding tert-OH is 1. The third-order valence-corrected chi connectivity index (χ3v) is 1.16. The molecule has 76 valence electrons. The third kappa shape index (κ3) is 5.84. The highest BCUT2D eigenvalue weighted by Crippen LogP contribution is 1.90. The first kappa shape index (κ1) is 12.2. The van der Waals surface area contributed by atoms with Gasteiger partial charge in [0.2, 0.25) is 0 Å². The minimum Gasteiger partial charge on any atom is -0.547 e. The van der Waals surface area contributed by atoms with E-state index in [1.165, 1.54) is 24.3 Å². The van der Waals surface area contributed by atoms with Crippen molar-refractivity contribution in [1.82, 2.24) is 0 Å². The van der Waals surface area contributed by atoms with Crippen LogP contribution in [-0.4, -0.2) is 28.7 Å². The Labute approximate surface area is 80.4 Å². The minimum absolute atomic E-state index is 0.121. The van der Waals surface area contributed by atoms with Gasteiger partial charge in [-0.1, -0.05) is 0 Å². The second kappa shape index (κ2) is 5.82. The molecular formula is C9H9O5-. The maximum atomic E-state index is 10.3. The number of hydrogen-bond donors (Lipinski definition) is 1. The van der Waals surface area contributed by atoms with Gasteiger partial charge in [0.25, 0.3) is 0 Å². The molecule has 0 aromatic heterocycles. The molecule has 1 aliphatic rings. The van der Waals surface area contributed by atoms with Crippen molar-refractivity contribution >= 4 is 17.5 Å². The lowest BCUT2D eigenvalue weighted by molar-refractivity contribution is -0.314. The standard InChI is InChI=1S/C6H4O2.C3H6O3/c7-5-1-2-6(8)4-3-5;1-2(4)3(5)6/h1-4H;2,4H,1H3,(H,5,6)/p-1. The zero-order valence-electron chi connectivity index (χ0n) is 7.47. The highest BCUT2D eigenvalue weighted by molar-refractivity contribution is 6.14. The summed E-state index contributed by atoms with van der Waals surface area (Å²) >= 11 is 0. The van der Waals surface area contributed by atoms with Gasteiger partial charge in [0.05, 0.1) is 12.1 Å². The lowest BCUT2D eigenvalue weighted by Crippen LogP contribution is -2.32. The number of rotatable bonds is 1. The molecule has 5 nitrogen and oxygen atoms in total.